The Bertz CT molecular complexity index is 619. The molecule has 0 saturated heterocycles. The lowest BCUT2D eigenvalue weighted by Crippen LogP contribution is -2.40. The Hall–Kier alpha value is -2.33. The van der Waals surface area contributed by atoms with Crippen LogP contribution in [0.5, 0.6) is 0 Å². The quantitative estimate of drug-likeness (QED) is 0.819. The highest BCUT2D eigenvalue weighted by atomic mass is 16.5. The van der Waals surface area contributed by atoms with Gasteiger partial charge in [0.1, 0.15) is 6.61 Å². The van der Waals surface area contributed by atoms with Crippen LogP contribution < -0.4 is 5.32 Å². The molecule has 2 N–H and O–H groups in total. The number of fused-ring (bicyclic) bond motifs is 1. The van der Waals surface area contributed by atoms with Crippen molar-refractivity contribution in [2.75, 3.05) is 6.61 Å². The molecule has 4 heteroatoms. The minimum absolute atomic E-state index is 0.124. The van der Waals surface area contributed by atoms with Gasteiger partial charge in [-0.05, 0) is 36.5 Å². The maximum atomic E-state index is 12.0. The van der Waals surface area contributed by atoms with Gasteiger partial charge in [0.05, 0.1) is 6.10 Å². The van der Waals surface area contributed by atoms with Crippen molar-refractivity contribution in [3.8, 4) is 0 Å². The van der Waals surface area contributed by atoms with Gasteiger partial charge in [0.25, 0.3) is 0 Å². The van der Waals surface area contributed by atoms with E-state index in [1.54, 1.807) is 12.2 Å². The van der Waals surface area contributed by atoms with Crippen molar-refractivity contribution in [1.82, 2.24) is 5.32 Å². The Morgan fingerprint density at radius 3 is 3.00 bits per heavy atom. The first-order valence-electron chi connectivity index (χ1n) is 7.77. The molecule has 0 aliphatic heterocycles. The Morgan fingerprint density at radius 2 is 2.26 bits per heavy atom. The number of amides is 1. The number of hydrogen-bond donors (Lipinski definition) is 2. The van der Waals surface area contributed by atoms with Crippen LogP contribution in [0.25, 0.3) is 0 Å². The lowest BCUT2D eigenvalue weighted by atomic mass is 9.86. The van der Waals surface area contributed by atoms with E-state index in [0.717, 1.165) is 16.7 Å². The zero-order valence-electron chi connectivity index (χ0n) is 13.4. The number of rotatable bonds is 5. The van der Waals surface area contributed by atoms with Gasteiger partial charge in [-0.25, -0.2) is 4.79 Å². The van der Waals surface area contributed by atoms with Crippen LogP contribution >= 0.6 is 0 Å². The summed E-state index contributed by atoms with van der Waals surface area (Å²) in [6.07, 6.45) is 7.38. The van der Waals surface area contributed by atoms with Crippen molar-refractivity contribution in [3.05, 3.63) is 71.8 Å². The molecule has 0 radical (unpaired) electrons. The Balaban J connectivity index is 1.89. The van der Waals surface area contributed by atoms with Crippen molar-refractivity contribution in [2.45, 2.75) is 31.9 Å². The van der Waals surface area contributed by atoms with Crippen LogP contribution in [-0.2, 0) is 11.2 Å². The molecule has 0 bridgehead atoms. The smallest absolute Gasteiger partial charge is 0.407 e. The molecule has 2 atom stereocenters. The van der Waals surface area contributed by atoms with E-state index in [4.69, 9.17) is 4.74 Å². The Kier molecular flexibility index (Phi) is 6.18. The van der Waals surface area contributed by atoms with Gasteiger partial charge in [-0.2, -0.15) is 0 Å². The normalized spacial score (nSPS) is 20.9. The van der Waals surface area contributed by atoms with Crippen molar-refractivity contribution in [1.29, 1.82) is 0 Å². The molecule has 1 aromatic rings. The summed E-state index contributed by atoms with van der Waals surface area (Å²) in [6, 6.07) is 7.64. The molecule has 1 aliphatic carbocycles. The SMILES string of the molecule is C=C/C=C(\C=C/C)COC(=O)N[C@H]1Cc2ccccc2[C@@H](O)C1. The van der Waals surface area contributed by atoms with Crippen LogP contribution in [-0.4, -0.2) is 23.8 Å². The average molecular weight is 313 g/mol. The summed E-state index contributed by atoms with van der Waals surface area (Å²) in [5.74, 6) is 0. The largest absolute Gasteiger partial charge is 0.445 e. The summed E-state index contributed by atoms with van der Waals surface area (Å²) in [4.78, 5) is 12.0. The summed E-state index contributed by atoms with van der Waals surface area (Å²) in [5.41, 5.74) is 2.88. The maximum Gasteiger partial charge on any atom is 0.407 e. The highest BCUT2D eigenvalue weighted by Gasteiger charge is 2.26. The van der Waals surface area contributed by atoms with Gasteiger partial charge >= 0.3 is 6.09 Å². The second-order valence-corrected chi connectivity index (χ2v) is 5.55. The molecule has 0 unspecified atom stereocenters. The van der Waals surface area contributed by atoms with Crippen LogP contribution in [0.2, 0.25) is 0 Å². The lowest BCUT2D eigenvalue weighted by Gasteiger charge is -2.29. The van der Waals surface area contributed by atoms with Gasteiger partial charge in [0.15, 0.2) is 0 Å². The van der Waals surface area contributed by atoms with E-state index >= 15 is 0 Å². The zero-order chi connectivity index (χ0) is 16.7. The van der Waals surface area contributed by atoms with E-state index in [0.29, 0.717) is 12.8 Å². The molecule has 2 rings (SSSR count). The molecular weight excluding hydrogens is 290 g/mol. The van der Waals surface area contributed by atoms with Crippen molar-refractivity contribution in [2.24, 2.45) is 0 Å². The minimum Gasteiger partial charge on any atom is -0.445 e. The van der Waals surface area contributed by atoms with Crippen molar-refractivity contribution in [3.63, 3.8) is 0 Å². The maximum absolute atomic E-state index is 12.0. The average Bonchev–Trinajstić information content (AvgIpc) is 2.53. The Labute approximate surface area is 137 Å². The zero-order valence-corrected chi connectivity index (χ0v) is 13.4. The topological polar surface area (TPSA) is 58.6 Å². The van der Waals surface area contributed by atoms with Gasteiger partial charge in [-0.3, -0.25) is 0 Å². The number of alkyl carbamates (subject to hydrolysis) is 1. The number of nitrogens with one attached hydrogen (secondary N) is 1. The van der Waals surface area contributed by atoms with Gasteiger partial charge in [0, 0.05) is 6.04 Å². The number of benzene rings is 1. The molecule has 0 fully saturated rings. The monoisotopic (exact) mass is 313 g/mol. The van der Waals surface area contributed by atoms with Crippen LogP contribution in [0.3, 0.4) is 0 Å². The number of aliphatic hydroxyl groups excluding tert-OH is 1. The number of carbonyl (C=O) groups is 1. The van der Waals surface area contributed by atoms with E-state index in [2.05, 4.69) is 11.9 Å². The number of hydrogen-bond acceptors (Lipinski definition) is 3. The van der Waals surface area contributed by atoms with Crippen LogP contribution in [0.1, 0.15) is 30.6 Å². The fourth-order valence-corrected chi connectivity index (χ4v) is 2.77. The number of allylic oxidation sites excluding steroid dienone is 3. The first-order valence-corrected chi connectivity index (χ1v) is 7.77. The third-order valence-corrected chi connectivity index (χ3v) is 3.79. The fraction of sp³-hybridized carbons (Fsp3) is 0.316. The standard InChI is InChI=1S/C19H23NO3/c1-3-7-14(8-4-2)13-23-19(22)20-16-11-15-9-5-6-10-17(15)18(21)12-16/h3-10,16,18,21H,1,11-13H2,2H3,(H,20,22)/b8-4-,14-7+/t16-,18-/m0/s1. The van der Waals surface area contributed by atoms with E-state index < -0.39 is 12.2 Å². The van der Waals surface area contributed by atoms with E-state index in [-0.39, 0.29) is 12.6 Å². The third kappa shape index (κ3) is 4.83. The summed E-state index contributed by atoms with van der Waals surface area (Å²) in [7, 11) is 0. The van der Waals surface area contributed by atoms with Crippen LogP contribution in [0.4, 0.5) is 4.79 Å². The molecule has 1 amide bonds. The molecule has 23 heavy (non-hydrogen) atoms. The highest BCUT2D eigenvalue weighted by molar-refractivity contribution is 5.68. The second-order valence-electron chi connectivity index (χ2n) is 5.55. The fourth-order valence-electron chi connectivity index (χ4n) is 2.77. The first-order chi connectivity index (χ1) is 11.1. The highest BCUT2D eigenvalue weighted by Crippen LogP contribution is 2.29. The van der Waals surface area contributed by atoms with Gasteiger partial charge in [0.2, 0.25) is 0 Å². The molecule has 122 valence electrons. The number of carbonyl (C=O) groups excluding carboxylic acids is 1. The molecule has 0 spiro atoms. The molecular formula is C19H23NO3. The third-order valence-electron chi connectivity index (χ3n) is 3.79. The molecule has 0 heterocycles. The summed E-state index contributed by atoms with van der Waals surface area (Å²) in [5, 5.41) is 13.0. The lowest BCUT2D eigenvalue weighted by molar-refractivity contribution is 0.125. The predicted octanol–water partition coefficient (Wildman–Crippen LogP) is 3.45. The minimum atomic E-state index is -0.551. The van der Waals surface area contributed by atoms with Crippen LogP contribution in [0.15, 0.2) is 60.7 Å². The summed E-state index contributed by atoms with van der Waals surface area (Å²) < 4.78 is 5.24. The first kappa shape index (κ1) is 17.0. The van der Waals surface area contributed by atoms with Crippen molar-refractivity contribution >= 4 is 6.09 Å². The Morgan fingerprint density at radius 1 is 1.48 bits per heavy atom. The summed E-state index contributed by atoms with van der Waals surface area (Å²) >= 11 is 0. The summed E-state index contributed by atoms with van der Waals surface area (Å²) in [6.45, 7) is 5.73. The molecule has 4 nitrogen and oxygen atoms in total. The van der Waals surface area contributed by atoms with E-state index in [1.165, 1.54) is 0 Å². The van der Waals surface area contributed by atoms with E-state index in [9.17, 15) is 9.90 Å². The predicted molar refractivity (Wildman–Crippen MR) is 91.1 cm³/mol. The van der Waals surface area contributed by atoms with Gasteiger partial charge in [-0.15, -0.1) is 0 Å². The molecule has 0 saturated carbocycles. The number of aliphatic hydroxyl groups is 1. The second kappa shape index (κ2) is 8.34. The molecule has 0 aromatic heterocycles. The molecule has 1 aliphatic rings. The molecule has 1 aromatic carbocycles. The van der Waals surface area contributed by atoms with Crippen LogP contribution in [0, 0.1) is 0 Å². The number of ether oxygens (including phenoxy) is 1. The van der Waals surface area contributed by atoms with Crippen molar-refractivity contribution < 1.29 is 14.6 Å². The van der Waals surface area contributed by atoms with Gasteiger partial charge in [-0.1, -0.05) is 55.1 Å². The van der Waals surface area contributed by atoms with Gasteiger partial charge < -0.3 is 15.2 Å². The van der Waals surface area contributed by atoms with E-state index in [1.807, 2.05) is 43.3 Å².